The smallest absolute Gasteiger partial charge is 0.313 e. The number of aryl methyl sites for hydroxylation is 1. The van der Waals surface area contributed by atoms with Crippen LogP contribution < -0.4 is 10.6 Å². The first-order valence-corrected chi connectivity index (χ1v) is 7.21. The highest BCUT2D eigenvalue weighted by Gasteiger charge is 2.18. The molecule has 0 atom stereocenters. The van der Waals surface area contributed by atoms with Crippen LogP contribution in [0.1, 0.15) is 32.3 Å². The van der Waals surface area contributed by atoms with Crippen molar-refractivity contribution in [3.8, 4) is 0 Å². The van der Waals surface area contributed by atoms with Gasteiger partial charge in [-0.05, 0) is 42.9 Å². The molecule has 2 amide bonds. The molecule has 0 heterocycles. The van der Waals surface area contributed by atoms with E-state index in [-0.39, 0.29) is 17.7 Å². The summed E-state index contributed by atoms with van der Waals surface area (Å²) in [5.74, 6) is -2.29. The molecule has 0 radical (unpaired) electrons. The quantitative estimate of drug-likeness (QED) is 0.555. The highest BCUT2D eigenvalue weighted by molar-refractivity contribution is 6.39. The van der Waals surface area contributed by atoms with E-state index >= 15 is 0 Å². The molecule has 1 aromatic carbocycles. The third-order valence-corrected chi connectivity index (χ3v) is 3.32. The van der Waals surface area contributed by atoms with Crippen molar-refractivity contribution in [1.82, 2.24) is 5.32 Å². The van der Waals surface area contributed by atoms with Crippen molar-refractivity contribution in [2.75, 3.05) is 18.5 Å². The second-order valence-corrected chi connectivity index (χ2v) is 6.12. The fraction of sp³-hybridized carbons (Fsp3) is 0.500. The molecule has 0 aliphatic heterocycles. The molecular formula is C16H23FN2O3. The molecule has 0 bridgehead atoms. The van der Waals surface area contributed by atoms with Crippen molar-refractivity contribution in [3.05, 3.63) is 29.6 Å². The Morgan fingerprint density at radius 2 is 1.95 bits per heavy atom. The third kappa shape index (κ3) is 5.81. The first kappa shape index (κ1) is 18.1. The number of hydrogen-bond acceptors (Lipinski definition) is 3. The Morgan fingerprint density at radius 1 is 1.27 bits per heavy atom. The number of rotatable bonds is 6. The van der Waals surface area contributed by atoms with E-state index < -0.39 is 17.6 Å². The molecule has 0 unspecified atom stereocenters. The molecule has 3 N–H and O–H groups in total. The van der Waals surface area contributed by atoms with Crippen LogP contribution in [0.15, 0.2) is 18.2 Å². The highest BCUT2D eigenvalue weighted by atomic mass is 19.1. The average molecular weight is 310 g/mol. The Hall–Kier alpha value is -1.95. The van der Waals surface area contributed by atoms with Gasteiger partial charge in [0.05, 0.1) is 5.69 Å². The molecule has 0 aromatic heterocycles. The van der Waals surface area contributed by atoms with Crippen LogP contribution in [0.3, 0.4) is 0 Å². The van der Waals surface area contributed by atoms with Gasteiger partial charge in [0.15, 0.2) is 0 Å². The number of halogens is 1. The van der Waals surface area contributed by atoms with Crippen molar-refractivity contribution >= 4 is 17.5 Å². The van der Waals surface area contributed by atoms with Gasteiger partial charge in [-0.25, -0.2) is 4.39 Å². The lowest BCUT2D eigenvalue weighted by molar-refractivity contribution is -0.136. The molecule has 0 aliphatic rings. The summed E-state index contributed by atoms with van der Waals surface area (Å²) in [6.45, 7) is 5.99. The van der Waals surface area contributed by atoms with Gasteiger partial charge < -0.3 is 15.7 Å². The zero-order valence-electron chi connectivity index (χ0n) is 13.2. The molecule has 0 saturated heterocycles. The number of aliphatic hydroxyl groups is 1. The van der Waals surface area contributed by atoms with Crippen LogP contribution in [0, 0.1) is 18.2 Å². The van der Waals surface area contributed by atoms with E-state index in [0.717, 1.165) is 12.0 Å². The first-order valence-electron chi connectivity index (χ1n) is 7.21. The largest absolute Gasteiger partial charge is 0.396 e. The van der Waals surface area contributed by atoms with Crippen LogP contribution >= 0.6 is 0 Å². The Morgan fingerprint density at radius 3 is 2.59 bits per heavy atom. The summed E-state index contributed by atoms with van der Waals surface area (Å²) in [6.07, 6.45) is 1.36. The van der Waals surface area contributed by atoms with Crippen molar-refractivity contribution in [3.63, 3.8) is 0 Å². The molecule has 1 aromatic rings. The minimum Gasteiger partial charge on any atom is -0.396 e. The van der Waals surface area contributed by atoms with Crippen LogP contribution in [-0.2, 0) is 9.59 Å². The van der Waals surface area contributed by atoms with Crippen LogP contribution in [0.5, 0.6) is 0 Å². The van der Waals surface area contributed by atoms with E-state index in [9.17, 15) is 14.0 Å². The lowest BCUT2D eigenvalue weighted by atomic mass is 9.89. The Bertz CT molecular complexity index is 544. The number of aliphatic hydroxyl groups excluding tert-OH is 1. The highest BCUT2D eigenvalue weighted by Crippen LogP contribution is 2.20. The van der Waals surface area contributed by atoms with Gasteiger partial charge in [0.2, 0.25) is 0 Å². The van der Waals surface area contributed by atoms with Crippen molar-refractivity contribution < 1.29 is 19.1 Å². The number of carbonyl (C=O) groups excluding carboxylic acids is 2. The average Bonchev–Trinajstić information content (AvgIpc) is 2.47. The summed E-state index contributed by atoms with van der Waals surface area (Å²) in [4.78, 5) is 23.3. The van der Waals surface area contributed by atoms with Crippen molar-refractivity contribution in [2.45, 2.75) is 33.6 Å². The summed E-state index contributed by atoms with van der Waals surface area (Å²) >= 11 is 0. The second-order valence-electron chi connectivity index (χ2n) is 6.12. The Kier molecular flexibility index (Phi) is 6.49. The molecule has 5 nitrogen and oxygen atoms in total. The Balaban J connectivity index is 2.43. The maximum Gasteiger partial charge on any atom is 0.313 e. The molecule has 0 aliphatic carbocycles. The first-order chi connectivity index (χ1) is 10.2. The fourth-order valence-electron chi connectivity index (χ4n) is 1.84. The number of nitrogens with one attached hydrogen (secondary N) is 2. The van der Waals surface area contributed by atoms with Gasteiger partial charge >= 0.3 is 11.8 Å². The van der Waals surface area contributed by atoms with Gasteiger partial charge in [-0.1, -0.05) is 19.9 Å². The predicted octanol–water partition coefficient (Wildman–Crippen LogP) is 1.99. The molecular weight excluding hydrogens is 287 g/mol. The van der Waals surface area contributed by atoms with Crippen LogP contribution in [0.2, 0.25) is 0 Å². The molecule has 6 heteroatoms. The van der Waals surface area contributed by atoms with Crippen molar-refractivity contribution in [2.24, 2.45) is 5.41 Å². The van der Waals surface area contributed by atoms with Crippen LogP contribution in [-0.4, -0.2) is 30.1 Å². The van der Waals surface area contributed by atoms with Gasteiger partial charge in [0.1, 0.15) is 5.82 Å². The van der Waals surface area contributed by atoms with E-state index in [1.165, 1.54) is 12.1 Å². The van der Waals surface area contributed by atoms with Gasteiger partial charge in [-0.15, -0.1) is 0 Å². The molecule has 0 saturated carbocycles. The van der Waals surface area contributed by atoms with Gasteiger partial charge in [-0.2, -0.15) is 0 Å². The van der Waals surface area contributed by atoms with Crippen molar-refractivity contribution in [1.29, 1.82) is 0 Å². The number of carbonyl (C=O) groups is 2. The van der Waals surface area contributed by atoms with E-state index in [1.807, 2.05) is 13.8 Å². The zero-order chi connectivity index (χ0) is 16.8. The monoisotopic (exact) mass is 310 g/mol. The maximum absolute atomic E-state index is 13.5. The fourth-order valence-corrected chi connectivity index (χ4v) is 1.84. The normalized spacial score (nSPS) is 11.1. The SMILES string of the molecule is Cc1ccc(F)c(NC(=O)C(=O)NCCCC(C)(C)CO)c1. The summed E-state index contributed by atoms with van der Waals surface area (Å²) < 4.78 is 13.5. The topological polar surface area (TPSA) is 78.4 Å². The second kappa shape index (κ2) is 7.89. The van der Waals surface area contributed by atoms with Gasteiger partial charge in [0.25, 0.3) is 0 Å². The van der Waals surface area contributed by atoms with E-state index in [0.29, 0.717) is 13.0 Å². The minimum atomic E-state index is -0.897. The maximum atomic E-state index is 13.5. The van der Waals surface area contributed by atoms with Gasteiger partial charge in [-0.3, -0.25) is 9.59 Å². The van der Waals surface area contributed by atoms with E-state index in [1.54, 1.807) is 13.0 Å². The molecule has 0 fully saturated rings. The number of hydrogen-bond donors (Lipinski definition) is 3. The van der Waals surface area contributed by atoms with Crippen LogP contribution in [0.25, 0.3) is 0 Å². The van der Waals surface area contributed by atoms with Gasteiger partial charge in [0, 0.05) is 13.2 Å². The zero-order valence-corrected chi connectivity index (χ0v) is 13.2. The van der Waals surface area contributed by atoms with E-state index in [4.69, 9.17) is 5.11 Å². The Labute approximate surface area is 129 Å². The summed E-state index contributed by atoms with van der Waals surface area (Å²) in [5.41, 5.74) is 0.558. The molecule has 1 rings (SSSR count). The molecule has 22 heavy (non-hydrogen) atoms. The predicted molar refractivity (Wildman–Crippen MR) is 82.9 cm³/mol. The number of benzene rings is 1. The summed E-state index contributed by atoms with van der Waals surface area (Å²) in [6, 6.07) is 4.28. The summed E-state index contributed by atoms with van der Waals surface area (Å²) in [7, 11) is 0. The lowest BCUT2D eigenvalue weighted by Gasteiger charge is -2.21. The minimum absolute atomic E-state index is 0.0124. The standard InChI is InChI=1S/C16H23FN2O3/c1-11-5-6-12(17)13(9-11)19-15(22)14(21)18-8-4-7-16(2,3)10-20/h5-6,9,20H,4,7-8,10H2,1-3H3,(H,18,21)(H,19,22). The molecule has 0 spiro atoms. The van der Waals surface area contributed by atoms with Crippen LogP contribution in [0.4, 0.5) is 10.1 Å². The lowest BCUT2D eigenvalue weighted by Crippen LogP contribution is -2.36. The van der Waals surface area contributed by atoms with E-state index in [2.05, 4.69) is 10.6 Å². The number of amides is 2. The third-order valence-electron chi connectivity index (χ3n) is 3.32. The molecule has 122 valence electrons. The summed E-state index contributed by atoms with van der Waals surface area (Å²) in [5, 5.41) is 13.8. The number of anilines is 1.